The van der Waals surface area contributed by atoms with Crippen molar-refractivity contribution in [3.8, 4) is 5.75 Å². The van der Waals surface area contributed by atoms with Gasteiger partial charge < -0.3 is 15.3 Å². The van der Waals surface area contributed by atoms with E-state index in [1.165, 1.54) is 5.56 Å². The number of fused-ring (bicyclic) bond motifs is 5. The summed E-state index contributed by atoms with van der Waals surface area (Å²) >= 11 is 0. The summed E-state index contributed by atoms with van der Waals surface area (Å²) in [6.07, 6.45) is 3.36. The molecule has 2 aromatic carbocycles. The van der Waals surface area contributed by atoms with Crippen LogP contribution in [0.25, 0.3) is 16.3 Å². The molecule has 0 radical (unpaired) electrons. The first-order chi connectivity index (χ1) is 11.8. The lowest BCUT2D eigenvalue weighted by Gasteiger charge is -2.45. The monoisotopic (exact) mass is 338 g/mol. The second-order valence-corrected chi connectivity index (χ2v) is 7.55. The molecule has 0 saturated carbocycles. The van der Waals surface area contributed by atoms with Gasteiger partial charge in [0.25, 0.3) is 0 Å². The topological polar surface area (TPSA) is 77.8 Å². The van der Waals surface area contributed by atoms with E-state index in [9.17, 15) is 20.1 Å². The van der Waals surface area contributed by atoms with E-state index in [-0.39, 0.29) is 11.7 Å². The van der Waals surface area contributed by atoms with Gasteiger partial charge in [0.15, 0.2) is 5.78 Å². The zero-order chi connectivity index (χ0) is 18.0. The minimum atomic E-state index is -1.57. The first-order valence-electron chi connectivity index (χ1n) is 8.66. The molecule has 0 bridgehead atoms. The molecule has 130 valence electrons. The van der Waals surface area contributed by atoms with Gasteiger partial charge in [0.05, 0.1) is 0 Å². The highest BCUT2D eigenvalue weighted by atomic mass is 16.3. The van der Waals surface area contributed by atoms with Gasteiger partial charge in [-0.1, -0.05) is 38.1 Å². The van der Waals surface area contributed by atoms with Crippen molar-refractivity contribution in [3.05, 3.63) is 47.5 Å². The lowest BCUT2D eigenvalue weighted by atomic mass is 9.60. The van der Waals surface area contributed by atoms with Crippen LogP contribution >= 0.6 is 0 Å². The fourth-order valence-electron chi connectivity index (χ4n) is 4.94. The van der Waals surface area contributed by atoms with Crippen LogP contribution in [0.15, 0.2) is 36.4 Å². The molecule has 0 amide bonds. The Morgan fingerprint density at radius 2 is 2.04 bits per heavy atom. The molecule has 0 fully saturated rings. The van der Waals surface area contributed by atoms with Crippen molar-refractivity contribution in [2.24, 2.45) is 11.3 Å². The summed E-state index contributed by atoms with van der Waals surface area (Å²) in [6.45, 7) is 3.12. The number of ketones is 1. The standard InChI is InChI=1S/C21H22O4/c1-12-9-18-17-5-3-13-10-14(23)4-6-15(13)16(17)7-8-20(18,2)21(12,25)19(24)11-22/h3-6,9-10,12,22-23,25H,7-8,11H2,1-2H3/t12-,20-,21-/m0/s1. The normalized spacial score (nSPS) is 30.7. The molecule has 25 heavy (non-hydrogen) atoms. The largest absolute Gasteiger partial charge is 0.508 e. The maximum absolute atomic E-state index is 12.4. The minimum Gasteiger partial charge on any atom is -0.508 e. The molecule has 0 heterocycles. The molecule has 4 rings (SSSR count). The van der Waals surface area contributed by atoms with Crippen molar-refractivity contribution < 1.29 is 20.1 Å². The molecule has 4 heteroatoms. The Hall–Kier alpha value is -2.17. The van der Waals surface area contributed by atoms with Crippen molar-refractivity contribution in [3.63, 3.8) is 0 Å². The Kier molecular flexibility index (Phi) is 3.37. The summed E-state index contributed by atoms with van der Waals surface area (Å²) in [5.41, 5.74) is 0.956. The second kappa shape index (κ2) is 5.16. The zero-order valence-electron chi connectivity index (χ0n) is 14.4. The molecular weight excluding hydrogens is 316 g/mol. The first kappa shape index (κ1) is 16.3. The highest BCUT2D eigenvalue weighted by Crippen LogP contribution is 2.59. The number of phenolic OH excluding ortho intramolecular Hbond substituents is 1. The predicted octanol–water partition coefficient (Wildman–Crippen LogP) is 2.82. The Morgan fingerprint density at radius 3 is 2.76 bits per heavy atom. The van der Waals surface area contributed by atoms with Gasteiger partial charge in [-0.25, -0.2) is 0 Å². The summed E-state index contributed by atoms with van der Waals surface area (Å²) in [4.78, 5) is 12.4. The third kappa shape index (κ3) is 1.92. The molecule has 3 N–H and O–H groups in total. The van der Waals surface area contributed by atoms with Gasteiger partial charge in [0.2, 0.25) is 0 Å². The van der Waals surface area contributed by atoms with E-state index in [2.05, 4.69) is 0 Å². The number of benzene rings is 2. The van der Waals surface area contributed by atoms with Crippen molar-refractivity contribution >= 4 is 22.1 Å². The predicted molar refractivity (Wildman–Crippen MR) is 96.2 cm³/mol. The molecule has 0 unspecified atom stereocenters. The number of Topliss-reactive ketones (excluding diaryl/α,β-unsaturated/α-hetero) is 1. The van der Waals surface area contributed by atoms with Crippen molar-refractivity contribution in [1.82, 2.24) is 0 Å². The van der Waals surface area contributed by atoms with E-state index < -0.39 is 23.4 Å². The van der Waals surface area contributed by atoms with Crippen LogP contribution in [-0.4, -0.2) is 33.3 Å². The molecule has 0 spiro atoms. The third-order valence-electron chi connectivity index (χ3n) is 6.36. The molecule has 0 aromatic heterocycles. The summed E-state index contributed by atoms with van der Waals surface area (Å²) in [6, 6.07) is 9.35. The Bertz CT molecular complexity index is 929. The molecule has 0 saturated heterocycles. The Labute approximate surface area is 146 Å². The number of phenols is 1. The molecule has 2 aromatic rings. The van der Waals surface area contributed by atoms with Crippen LogP contribution < -0.4 is 0 Å². The number of hydrogen-bond donors (Lipinski definition) is 3. The average molecular weight is 338 g/mol. The van der Waals surface area contributed by atoms with Crippen molar-refractivity contribution in [2.45, 2.75) is 32.3 Å². The summed E-state index contributed by atoms with van der Waals surface area (Å²) in [5.74, 6) is -0.624. The number of carbonyl (C=O) groups is 1. The number of hydrogen-bond acceptors (Lipinski definition) is 4. The fourth-order valence-corrected chi connectivity index (χ4v) is 4.94. The zero-order valence-corrected chi connectivity index (χ0v) is 14.4. The van der Waals surface area contributed by atoms with Gasteiger partial charge >= 0.3 is 0 Å². The second-order valence-electron chi connectivity index (χ2n) is 7.55. The van der Waals surface area contributed by atoms with Gasteiger partial charge in [-0.15, -0.1) is 0 Å². The average Bonchev–Trinajstić information content (AvgIpc) is 2.81. The quantitative estimate of drug-likeness (QED) is 0.787. The number of rotatable bonds is 2. The molecule has 2 aliphatic carbocycles. The van der Waals surface area contributed by atoms with Crippen LogP contribution in [0.1, 0.15) is 31.4 Å². The molecule has 3 atom stereocenters. The fraction of sp³-hybridized carbons (Fsp3) is 0.381. The maximum atomic E-state index is 12.4. The number of aromatic hydroxyl groups is 1. The van der Waals surface area contributed by atoms with E-state index in [4.69, 9.17) is 0 Å². The van der Waals surface area contributed by atoms with E-state index in [0.29, 0.717) is 6.42 Å². The Morgan fingerprint density at radius 1 is 1.28 bits per heavy atom. The van der Waals surface area contributed by atoms with E-state index in [1.807, 2.05) is 38.1 Å². The van der Waals surface area contributed by atoms with Crippen LogP contribution in [0, 0.1) is 11.3 Å². The van der Waals surface area contributed by atoms with Gasteiger partial charge in [-0.05, 0) is 52.4 Å². The van der Waals surface area contributed by atoms with Crippen LogP contribution in [-0.2, 0) is 11.2 Å². The van der Waals surface area contributed by atoms with Crippen LogP contribution in [0.4, 0.5) is 0 Å². The molecular formula is C21H22O4. The van der Waals surface area contributed by atoms with Crippen LogP contribution in [0.3, 0.4) is 0 Å². The number of aliphatic hydroxyl groups is 2. The number of aliphatic hydroxyl groups excluding tert-OH is 1. The van der Waals surface area contributed by atoms with Crippen LogP contribution in [0.2, 0.25) is 0 Å². The van der Waals surface area contributed by atoms with E-state index in [1.54, 1.807) is 12.1 Å². The highest BCUT2D eigenvalue weighted by molar-refractivity contribution is 5.99. The molecule has 4 nitrogen and oxygen atoms in total. The summed E-state index contributed by atoms with van der Waals surface area (Å²) in [7, 11) is 0. The number of aryl methyl sites for hydroxylation is 1. The summed E-state index contributed by atoms with van der Waals surface area (Å²) in [5, 5.41) is 32.4. The lowest BCUT2D eigenvalue weighted by Crippen LogP contribution is -2.56. The van der Waals surface area contributed by atoms with Crippen molar-refractivity contribution in [1.29, 1.82) is 0 Å². The number of carbonyl (C=O) groups excluding carboxylic acids is 1. The SMILES string of the molecule is C[C@H]1C=C2c3ccc4cc(O)ccc4c3CC[C@]2(C)[C@@]1(O)C(=O)CO. The third-order valence-corrected chi connectivity index (χ3v) is 6.36. The van der Waals surface area contributed by atoms with Crippen LogP contribution in [0.5, 0.6) is 5.75 Å². The first-order valence-corrected chi connectivity index (χ1v) is 8.66. The Balaban J connectivity index is 1.93. The maximum Gasteiger partial charge on any atom is 0.191 e. The van der Waals surface area contributed by atoms with Gasteiger partial charge in [-0.3, -0.25) is 4.79 Å². The molecule has 0 aliphatic heterocycles. The van der Waals surface area contributed by atoms with Gasteiger partial charge in [0.1, 0.15) is 18.0 Å². The lowest BCUT2D eigenvalue weighted by molar-refractivity contribution is -0.155. The summed E-state index contributed by atoms with van der Waals surface area (Å²) < 4.78 is 0. The van der Waals surface area contributed by atoms with Crippen molar-refractivity contribution in [2.75, 3.05) is 6.61 Å². The van der Waals surface area contributed by atoms with Gasteiger partial charge in [-0.2, -0.15) is 0 Å². The smallest absolute Gasteiger partial charge is 0.191 e. The highest BCUT2D eigenvalue weighted by Gasteiger charge is 2.61. The molecule has 2 aliphatic rings. The van der Waals surface area contributed by atoms with Gasteiger partial charge in [0, 0.05) is 11.3 Å². The van der Waals surface area contributed by atoms with E-state index >= 15 is 0 Å². The minimum absolute atomic E-state index is 0.240. The van der Waals surface area contributed by atoms with E-state index in [0.717, 1.165) is 28.3 Å².